The van der Waals surface area contributed by atoms with Gasteiger partial charge in [-0.25, -0.2) is 0 Å². The SMILES string of the molecule is CCCCCCCCCCCCCCC(=O)NC(C=O)CCC(=O)O. The molecule has 5 nitrogen and oxygen atoms in total. The lowest BCUT2D eigenvalue weighted by Crippen LogP contribution is -2.36. The Balaban J connectivity index is 3.42. The van der Waals surface area contributed by atoms with Crippen LogP contribution in [-0.4, -0.2) is 29.3 Å². The molecule has 1 amide bonds. The summed E-state index contributed by atoms with van der Waals surface area (Å²) in [4.78, 5) is 33.0. The minimum atomic E-state index is -0.956. The van der Waals surface area contributed by atoms with Crippen LogP contribution in [-0.2, 0) is 14.4 Å². The molecule has 1 unspecified atom stereocenters. The molecular formula is C20H37NO4. The number of hydrogen-bond donors (Lipinski definition) is 2. The molecule has 0 radical (unpaired) electrons. The lowest BCUT2D eigenvalue weighted by Gasteiger charge is -2.11. The Morgan fingerprint density at radius 2 is 1.32 bits per heavy atom. The van der Waals surface area contributed by atoms with E-state index in [2.05, 4.69) is 12.2 Å². The maximum Gasteiger partial charge on any atom is 0.303 e. The molecule has 0 aliphatic rings. The summed E-state index contributed by atoms with van der Waals surface area (Å²) >= 11 is 0. The van der Waals surface area contributed by atoms with Gasteiger partial charge in [0.05, 0.1) is 6.04 Å². The zero-order valence-electron chi connectivity index (χ0n) is 15.9. The summed E-state index contributed by atoms with van der Waals surface area (Å²) in [7, 11) is 0. The molecule has 25 heavy (non-hydrogen) atoms. The first kappa shape index (κ1) is 23.6. The number of rotatable bonds is 18. The predicted octanol–water partition coefficient (Wildman–Crippen LogP) is 4.63. The largest absolute Gasteiger partial charge is 0.481 e. The van der Waals surface area contributed by atoms with Crippen molar-refractivity contribution in [2.24, 2.45) is 0 Å². The normalized spacial score (nSPS) is 11.9. The third kappa shape index (κ3) is 17.2. The van der Waals surface area contributed by atoms with Gasteiger partial charge >= 0.3 is 5.97 Å². The molecule has 0 aromatic rings. The summed E-state index contributed by atoms with van der Waals surface area (Å²) in [6.07, 6.45) is 16.0. The summed E-state index contributed by atoms with van der Waals surface area (Å²) in [6, 6.07) is -0.680. The Morgan fingerprint density at radius 1 is 0.840 bits per heavy atom. The van der Waals surface area contributed by atoms with E-state index in [-0.39, 0.29) is 18.7 Å². The summed E-state index contributed by atoms with van der Waals surface area (Å²) in [5.74, 6) is -1.11. The molecule has 0 aromatic carbocycles. The van der Waals surface area contributed by atoms with E-state index in [4.69, 9.17) is 5.11 Å². The molecule has 0 rings (SSSR count). The van der Waals surface area contributed by atoms with Gasteiger partial charge in [-0.1, -0.05) is 77.6 Å². The Morgan fingerprint density at radius 3 is 1.76 bits per heavy atom. The quantitative estimate of drug-likeness (QED) is 0.277. The van der Waals surface area contributed by atoms with E-state index in [9.17, 15) is 14.4 Å². The van der Waals surface area contributed by atoms with Crippen molar-refractivity contribution in [3.63, 3.8) is 0 Å². The fourth-order valence-corrected chi connectivity index (χ4v) is 2.86. The van der Waals surface area contributed by atoms with Crippen molar-refractivity contribution in [2.75, 3.05) is 0 Å². The number of aldehydes is 1. The van der Waals surface area contributed by atoms with Gasteiger partial charge in [0.25, 0.3) is 0 Å². The summed E-state index contributed by atoms with van der Waals surface area (Å²) in [5, 5.41) is 11.2. The highest BCUT2D eigenvalue weighted by Gasteiger charge is 2.12. The lowest BCUT2D eigenvalue weighted by atomic mass is 10.0. The minimum Gasteiger partial charge on any atom is -0.481 e. The third-order valence-corrected chi connectivity index (χ3v) is 4.44. The van der Waals surface area contributed by atoms with Crippen LogP contribution in [0.2, 0.25) is 0 Å². The van der Waals surface area contributed by atoms with Gasteiger partial charge in [-0.3, -0.25) is 9.59 Å². The molecule has 0 aliphatic carbocycles. The summed E-state index contributed by atoms with van der Waals surface area (Å²) in [6.45, 7) is 2.24. The second-order valence-corrected chi connectivity index (χ2v) is 6.88. The standard InChI is InChI=1S/C20H37NO4/c1-2-3-4-5-6-7-8-9-10-11-12-13-14-19(23)21-18(17-22)15-16-20(24)25/h17-18H,2-16H2,1H3,(H,21,23)(H,24,25). The van der Waals surface area contributed by atoms with Crippen LogP contribution in [0.4, 0.5) is 0 Å². The van der Waals surface area contributed by atoms with Crippen molar-refractivity contribution in [1.29, 1.82) is 0 Å². The highest BCUT2D eigenvalue weighted by molar-refractivity contribution is 5.79. The zero-order valence-corrected chi connectivity index (χ0v) is 15.9. The molecule has 0 saturated heterocycles. The second-order valence-electron chi connectivity index (χ2n) is 6.88. The average Bonchev–Trinajstić information content (AvgIpc) is 2.59. The lowest BCUT2D eigenvalue weighted by molar-refractivity contribution is -0.137. The van der Waals surface area contributed by atoms with Crippen molar-refractivity contribution < 1.29 is 19.5 Å². The molecule has 0 bridgehead atoms. The number of hydrogen-bond acceptors (Lipinski definition) is 3. The second kappa shape index (κ2) is 17.4. The van der Waals surface area contributed by atoms with Crippen molar-refractivity contribution in [1.82, 2.24) is 5.32 Å². The number of carboxylic acids is 1. The summed E-state index contributed by atoms with van der Waals surface area (Å²) < 4.78 is 0. The fourth-order valence-electron chi connectivity index (χ4n) is 2.86. The van der Waals surface area contributed by atoms with Crippen LogP contribution >= 0.6 is 0 Å². The zero-order chi connectivity index (χ0) is 18.8. The predicted molar refractivity (Wildman–Crippen MR) is 101 cm³/mol. The maximum absolute atomic E-state index is 11.7. The van der Waals surface area contributed by atoms with Gasteiger partial charge in [0, 0.05) is 12.8 Å². The molecule has 0 spiro atoms. The highest BCUT2D eigenvalue weighted by Crippen LogP contribution is 2.12. The van der Waals surface area contributed by atoms with Crippen LogP contribution in [0.5, 0.6) is 0 Å². The van der Waals surface area contributed by atoms with Gasteiger partial charge in [-0.05, 0) is 12.8 Å². The first-order valence-electron chi connectivity index (χ1n) is 10.1. The van der Waals surface area contributed by atoms with Gasteiger partial charge in [0.1, 0.15) is 6.29 Å². The first-order valence-corrected chi connectivity index (χ1v) is 10.1. The third-order valence-electron chi connectivity index (χ3n) is 4.44. The molecule has 0 saturated carbocycles. The highest BCUT2D eigenvalue weighted by atomic mass is 16.4. The average molecular weight is 356 g/mol. The number of carbonyl (C=O) groups excluding carboxylic acids is 2. The van der Waals surface area contributed by atoms with Gasteiger partial charge in [-0.15, -0.1) is 0 Å². The first-order chi connectivity index (χ1) is 12.1. The van der Waals surface area contributed by atoms with E-state index in [1.807, 2.05) is 0 Å². The van der Waals surface area contributed by atoms with Crippen LogP contribution in [0, 0.1) is 0 Å². The molecule has 0 aliphatic heterocycles. The smallest absolute Gasteiger partial charge is 0.303 e. The Bertz CT molecular complexity index is 358. The molecular weight excluding hydrogens is 318 g/mol. The molecule has 0 aromatic heterocycles. The van der Waals surface area contributed by atoms with Gasteiger partial charge < -0.3 is 15.2 Å². The number of unbranched alkanes of at least 4 members (excludes halogenated alkanes) is 11. The fraction of sp³-hybridized carbons (Fsp3) is 0.850. The van der Waals surface area contributed by atoms with E-state index >= 15 is 0 Å². The minimum absolute atomic E-state index is 0.109. The molecule has 0 heterocycles. The molecule has 5 heteroatoms. The van der Waals surface area contributed by atoms with Crippen LogP contribution in [0.3, 0.4) is 0 Å². The van der Waals surface area contributed by atoms with Gasteiger partial charge in [0.15, 0.2) is 0 Å². The monoisotopic (exact) mass is 355 g/mol. The van der Waals surface area contributed by atoms with Crippen molar-refractivity contribution in [3.05, 3.63) is 0 Å². The van der Waals surface area contributed by atoms with E-state index in [1.54, 1.807) is 0 Å². The molecule has 0 fully saturated rings. The number of carbonyl (C=O) groups is 3. The molecule has 146 valence electrons. The Hall–Kier alpha value is -1.39. The van der Waals surface area contributed by atoms with E-state index < -0.39 is 12.0 Å². The maximum atomic E-state index is 11.7. The van der Waals surface area contributed by atoms with Gasteiger partial charge in [-0.2, -0.15) is 0 Å². The summed E-state index contributed by atoms with van der Waals surface area (Å²) in [5.41, 5.74) is 0. The van der Waals surface area contributed by atoms with Crippen molar-refractivity contribution in [2.45, 2.75) is 109 Å². The number of carboxylic acid groups (broad SMARTS) is 1. The van der Waals surface area contributed by atoms with Crippen LogP contribution in [0.1, 0.15) is 103 Å². The van der Waals surface area contributed by atoms with E-state index in [0.29, 0.717) is 12.7 Å². The van der Waals surface area contributed by atoms with Crippen LogP contribution in [0.25, 0.3) is 0 Å². The Kier molecular flexibility index (Phi) is 16.5. The Labute approximate surface area is 153 Å². The van der Waals surface area contributed by atoms with E-state index in [1.165, 1.54) is 57.8 Å². The van der Waals surface area contributed by atoms with Crippen LogP contribution in [0.15, 0.2) is 0 Å². The number of nitrogens with one attached hydrogen (secondary N) is 1. The van der Waals surface area contributed by atoms with Crippen molar-refractivity contribution in [3.8, 4) is 0 Å². The van der Waals surface area contributed by atoms with Gasteiger partial charge in [0.2, 0.25) is 5.91 Å². The molecule has 1 atom stereocenters. The topological polar surface area (TPSA) is 83.5 Å². The molecule has 2 N–H and O–H groups in total. The number of amides is 1. The van der Waals surface area contributed by atoms with E-state index in [0.717, 1.165) is 19.3 Å². The van der Waals surface area contributed by atoms with Crippen molar-refractivity contribution >= 4 is 18.2 Å². The van der Waals surface area contributed by atoms with Crippen LogP contribution < -0.4 is 5.32 Å². The number of aliphatic carboxylic acids is 1.